The minimum atomic E-state index is -1.01. The van der Waals surface area contributed by atoms with E-state index >= 15 is 0 Å². The number of aliphatic hydroxyl groups is 1. The lowest BCUT2D eigenvalue weighted by molar-refractivity contribution is 0.0566. The summed E-state index contributed by atoms with van der Waals surface area (Å²) in [5.74, 6) is -0.289. The molecular formula is C14H17BrFN3O. The molecule has 1 unspecified atom stereocenters. The molecule has 4 nitrogen and oxygen atoms in total. The first-order valence-corrected chi connectivity index (χ1v) is 7.04. The maximum absolute atomic E-state index is 13.4. The molecule has 6 heteroatoms. The van der Waals surface area contributed by atoms with Crippen LogP contribution in [0.5, 0.6) is 0 Å². The third-order valence-electron chi connectivity index (χ3n) is 3.11. The standard InChI is InChI=1S/C14H17BrFN3O/c1-14(20,11-7-18-19(2)8-11)9-17-6-10-3-4-12(15)13(16)5-10/h3-5,7-8,17,20H,6,9H2,1-2H3. The predicted octanol–water partition coefficient (Wildman–Crippen LogP) is 2.32. The number of halogens is 2. The average molecular weight is 342 g/mol. The fourth-order valence-electron chi connectivity index (χ4n) is 1.90. The third kappa shape index (κ3) is 3.65. The van der Waals surface area contributed by atoms with Crippen molar-refractivity contribution in [3.63, 3.8) is 0 Å². The largest absolute Gasteiger partial charge is 0.384 e. The fourth-order valence-corrected chi connectivity index (χ4v) is 2.15. The summed E-state index contributed by atoms with van der Waals surface area (Å²) in [6.07, 6.45) is 3.42. The molecule has 0 amide bonds. The molecule has 2 N–H and O–H groups in total. The molecule has 1 atom stereocenters. The van der Waals surface area contributed by atoms with Crippen LogP contribution in [0.15, 0.2) is 35.1 Å². The molecule has 1 heterocycles. The van der Waals surface area contributed by atoms with Crippen LogP contribution in [0.25, 0.3) is 0 Å². The van der Waals surface area contributed by atoms with Gasteiger partial charge in [0, 0.05) is 31.9 Å². The number of hydrogen-bond donors (Lipinski definition) is 2. The van der Waals surface area contributed by atoms with E-state index in [0.717, 1.165) is 11.1 Å². The fraction of sp³-hybridized carbons (Fsp3) is 0.357. The lowest BCUT2D eigenvalue weighted by Gasteiger charge is -2.22. The van der Waals surface area contributed by atoms with Crippen molar-refractivity contribution < 1.29 is 9.50 Å². The lowest BCUT2D eigenvalue weighted by atomic mass is 9.99. The van der Waals surface area contributed by atoms with Gasteiger partial charge in [-0.3, -0.25) is 4.68 Å². The molecular weight excluding hydrogens is 325 g/mol. The number of hydrogen-bond acceptors (Lipinski definition) is 3. The van der Waals surface area contributed by atoms with Crippen LogP contribution in [0.4, 0.5) is 4.39 Å². The van der Waals surface area contributed by atoms with Gasteiger partial charge in [0.05, 0.1) is 10.7 Å². The number of aryl methyl sites for hydroxylation is 1. The molecule has 0 bridgehead atoms. The SMILES string of the molecule is Cn1cc(C(C)(O)CNCc2ccc(Br)c(F)c2)cn1. The topological polar surface area (TPSA) is 50.1 Å². The van der Waals surface area contributed by atoms with Gasteiger partial charge < -0.3 is 10.4 Å². The van der Waals surface area contributed by atoms with Crippen LogP contribution in [0.1, 0.15) is 18.1 Å². The Hall–Kier alpha value is -1.24. The van der Waals surface area contributed by atoms with Crippen molar-refractivity contribution in [2.45, 2.75) is 19.1 Å². The molecule has 0 saturated carbocycles. The van der Waals surface area contributed by atoms with Crippen molar-refractivity contribution in [2.75, 3.05) is 6.54 Å². The average Bonchev–Trinajstić information content (AvgIpc) is 2.81. The van der Waals surface area contributed by atoms with Crippen LogP contribution in [0, 0.1) is 5.82 Å². The lowest BCUT2D eigenvalue weighted by Crippen LogP contribution is -2.34. The number of rotatable bonds is 5. The maximum Gasteiger partial charge on any atom is 0.137 e. The van der Waals surface area contributed by atoms with Crippen LogP contribution in [0.2, 0.25) is 0 Å². The molecule has 2 aromatic rings. The van der Waals surface area contributed by atoms with Crippen molar-refractivity contribution in [3.05, 3.63) is 52.0 Å². The summed E-state index contributed by atoms with van der Waals surface area (Å²) < 4.78 is 15.5. The van der Waals surface area contributed by atoms with Gasteiger partial charge in [0.2, 0.25) is 0 Å². The quantitative estimate of drug-likeness (QED) is 0.877. The Morgan fingerprint density at radius 3 is 2.85 bits per heavy atom. The van der Waals surface area contributed by atoms with Gasteiger partial charge in [-0.15, -0.1) is 0 Å². The van der Waals surface area contributed by atoms with Crippen LogP contribution in [0.3, 0.4) is 0 Å². The summed E-state index contributed by atoms with van der Waals surface area (Å²) in [4.78, 5) is 0. The smallest absolute Gasteiger partial charge is 0.137 e. The minimum Gasteiger partial charge on any atom is -0.384 e. The van der Waals surface area contributed by atoms with Gasteiger partial charge in [0.15, 0.2) is 0 Å². The molecule has 0 fully saturated rings. The second-order valence-corrected chi connectivity index (χ2v) is 5.88. The molecule has 0 spiro atoms. The van der Waals surface area contributed by atoms with E-state index < -0.39 is 5.60 Å². The molecule has 0 aliphatic rings. The van der Waals surface area contributed by atoms with E-state index in [4.69, 9.17) is 0 Å². The summed E-state index contributed by atoms with van der Waals surface area (Å²) in [7, 11) is 1.80. The zero-order chi connectivity index (χ0) is 14.8. The van der Waals surface area contributed by atoms with E-state index in [1.165, 1.54) is 6.07 Å². The highest BCUT2D eigenvalue weighted by Gasteiger charge is 2.24. The van der Waals surface area contributed by atoms with E-state index in [-0.39, 0.29) is 5.82 Å². The molecule has 0 aliphatic heterocycles. The molecule has 0 saturated heterocycles. The normalized spacial score (nSPS) is 14.2. The van der Waals surface area contributed by atoms with Crippen LogP contribution < -0.4 is 5.32 Å². The maximum atomic E-state index is 13.4. The Bertz CT molecular complexity index is 598. The Balaban J connectivity index is 1.93. The van der Waals surface area contributed by atoms with Crippen molar-refractivity contribution in [3.8, 4) is 0 Å². The first-order chi connectivity index (χ1) is 9.38. The second-order valence-electron chi connectivity index (χ2n) is 5.03. The van der Waals surface area contributed by atoms with Gasteiger partial charge in [0.1, 0.15) is 11.4 Å². The first-order valence-electron chi connectivity index (χ1n) is 6.24. The molecule has 2 rings (SSSR count). The number of benzene rings is 1. The summed E-state index contributed by atoms with van der Waals surface area (Å²) in [5, 5.41) is 17.6. The van der Waals surface area contributed by atoms with Gasteiger partial charge in [-0.25, -0.2) is 4.39 Å². The summed E-state index contributed by atoms with van der Waals surface area (Å²) in [6.45, 7) is 2.57. The molecule has 1 aromatic carbocycles. The van der Waals surface area contributed by atoms with Crippen molar-refractivity contribution >= 4 is 15.9 Å². The summed E-state index contributed by atoms with van der Waals surface area (Å²) in [5.41, 5.74) is 0.560. The predicted molar refractivity (Wildman–Crippen MR) is 78.6 cm³/mol. The second kappa shape index (κ2) is 6.03. The number of nitrogens with one attached hydrogen (secondary N) is 1. The third-order valence-corrected chi connectivity index (χ3v) is 3.75. The van der Waals surface area contributed by atoms with E-state index in [1.54, 1.807) is 37.1 Å². The van der Waals surface area contributed by atoms with Crippen molar-refractivity contribution in [1.29, 1.82) is 0 Å². The minimum absolute atomic E-state index is 0.289. The summed E-state index contributed by atoms with van der Waals surface area (Å²) >= 11 is 3.12. The summed E-state index contributed by atoms with van der Waals surface area (Å²) in [6, 6.07) is 4.97. The molecule has 108 valence electrons. The Kier molecular flexibility index (Phi) is 4.57. The highest BCUT2D eigenvalue weighted by Crippen LogP contribution is 2.19. The zero-order valence-corrected chi connectivity index (χ0v) is 13.0. The Labute approximate surface area is 125 Å². The van der Waals surface area contributed by atoms with Gasteiger partial charge in [-0.1, -0.05) is 6.07 Å². The Morgan fingerprint density at radius 1 is 1.50 bits per heavy atom. The van der Waals surface area contributed by atoms with E-state index in [0.29, 0.717) is 17.6 Å². The van der Waals surface area contributed by atoms with Gasteiger partial charge in [-0.2, -0.15) is 5.10 Å². The number of nitrogens with zero attached hydrogens (tertiary/aromatic N) is 2. The van der Waals surface area contributed by atoms with E-state index in [2.05, 4.69) is 26.3 Å². The van der Waals surface area contributed by atoms with Crippen molar-refractivity contribution in [2.24, 2.45) is 7.05 Å². The van der Waals surface area contributed by atoms with Gasteiger partial charge in [0.25, 0.3) is 0 Å². The van der Waals surface area contributed by atoms with E-state index in [1.807, 2.05) is 6.07 Å². The van der Waals surface area contributed by atoms with Gasteiger partial charge in [-0.05, 0) is 40.5 Å². The molecule has 0 radical (unpaired) electrons. The van der Waals surface area contributed by atoms with Crippen molar-refractivity contribution in [1.82, 2.24) is 15.1 Å². The first kappa shape index (κ1) is 15.2. The Morgan fingerprint density at radius 2 is 2.25 bits per heavy atom. The van der Waals surface area contributed by atoms with Crippen LogP contribution in [-0.2, 0) is 19.2 Å². The van der Waals surface area contributed by atoms with E-state index in [9.17, 15) is 9.50 Å². The molecule has 1 aromatic heterocycles. The monoisotopic (exact) mass is 341 g/mol. The van der Waals surface area contributed by atoms with Crippen LogP contribution >= 0.6 is 15.9 Å². The van der Waals surface area contributed by atoms with Crippen LogP contribution in [-0.4, -0.2) is 21.4 Å². The van der Waals surface area contributed by atoms with Gasteiger partial charge >= 0.3 is 0 Å². The highest BCUT2D eigenvalue weighted by atomic mass is 79.9. The molecule has 20 heavy (non-hydrogen) atoms. The zero-order valence-electron chi connectivity index (χ0n) is 11.4. The molecule has 0 aliphatic carbocycles. The highest BCUT2D eigenvalue weighted by molar-refractivity contribution is 9.10. The number of aromatic nitrogens is 2.